The number of urea groups is 1. The summed E-state index contributed by atoms with van der Waals surface area (Å²) < 4.78 is 5.80. The van der Waals surface area contributed by atoms with E-state index in [0.29, 0.717) is 44.2 Å². The van der Waals surface area contributed by atoms with Gasteiger partial charge in [-0.25, -0.2) is 9.69 Å². The van der Waals surface area contributed by atoms with Crippen LogP contribution in [0.5, 0.6) is 0 Å². The molecular weight excluding hydrogens is 512 g/mol. The van der Waals surface area contributed by atoms with Crippen LogP contribution in [0.3, 0.4) is 0 Å². The van der Waals surface area contributed by atoms with Crippen LogP contribution in [-0.2, 0) is 9.53 Å². The van der Waals surface area contributed by atoms with Gasteiger partial charge in [0.2, 0.25) is 0 Å². The number of aliphatic hydroxyl groups is 1. The Morgan fingerprint density at radius 2 is 1.79 bits per heavy atom. The van der Waals surface area contributed by atoms with Crippen molar-refractivity contribution in [3.05, 3.63) is 11.4 Å². The molecule has 0 aromatic heterocycles. The van der Waals surface area contributed by atoms with Crippen molar-refractivity contribution in [1.29, 1.82) is 0 Å². The molecule has 0 radical (unpaired) electrons. The maximum absolute atomic E-state index is 13.5. The predicted octanol–water partition coefficient (Wildman–Crippen LogP) is 2.66. The van der Waals surface area contributed by atoms with Crippen molar-refractivity contribution in [1.82, 2.24) is 19.6 Å². The molecular formula is C28H52N6O4Si. The minimum absolute atomic E-state index is 0.00448. The zero-order valence-corrected chi connectivity index (χ0v) is 25.7. The molecule has 11 heteroatoms. The second-order valence-electron chi connectivity index (χ2n) is 13.6. The Balaban J connectivity index is 1.36. The van der Waals surface area contributed by atoms with Crippen LogP contribution in [0.15, 0.2) is 11.4 Å². The Morgan fingerprint density at radius 1 is 1.10 bits per heavy atom. The molecule has 4 fully saturated rings. The molecule has 2 aliphatic carbocycles. The van der Waals surface area contributed by atoms with E-state index >= 15 is 0 Å². The first-order valence-corrected chi connectivity index (χ1v) is 18.7. The highest BCUT2D eigenvalue weighted by molar-refractivity contribution is 6.76. The predicted molar refractivity (Wildman–Crippen MR) is 155 cm³/mol. The number of carbonyl (C=O) groups excluding carboxylic acids is 2. The van der Waals surface area contributed by atoms with Gasteiger partial charge in [-0.2, -0.15) is 0 Å². The Bertz CT molecular complexity index is 922. The number of unbranched alkanes of at least 4 members (excludes halogenated alkanes) is 1. The smallest absolute Gasteiger partial charge is 0.329 e. The van der Waals surface area contributed by atoms with Gasteiger partial charge < -0.3 is 26.2 Å². The van der Waals surface area contributed by atoms with Gasteiger partial charge in [0.25, 0.3) is 5.91 Å². The summed E-state index contributed by atoms with van der Waals surface area (Å²) in [6, 6.07) is 1.01. The van der Waals surface area contributed by atoms with Gasteiger partial charge in [0.05, 0.1) is 24.6 Å². The lowest BCUT2D eigenvalue weighted by atomic mass is 9.74. The first-order valence-electron chi connectivity index (χ1n) is 15.0. The van der Waals surface area contributed by atoms with E-state index in [1.165, 1.54) is 4.90 Å². The molecule has 0 aromatic rings. The molecule has 222 valence electrons. The van der Waals surface area contributed by atoms with E-state index in [0.717, 1.165) is 70.0 Å². The molecule has 2 heterocycles. The SMILES string of the molecule is CCCCN1CC(=C(N)N)CN(C2CCC(O)(CN3C(=O)N(COCC[Si](C)(C)C)C(=O)C34CCC4)CC2)C1. The largest absolute Gasteiger partial charge is 0.388 e. The molecule has 2 saturated carbocycles. The van der Waals surface area contributed by atoms with Crippen LogP contribution in [0, 0.1) is 0 Å². The summed E-state index contributed by atoms with van der Waals surface area (Å²) in [5.41, 5.74) is 11.3. The quantitative estimate of drug-likeness (QED) is 0.199. The molecule has 1 spiro atoms. The number of hydrogen-bond donors (Lipinski definition) is 3. The van der Waals surface area contributed by atoms with E-state index in [4.69, 9.17) is 16.2 Å². The van der Waals surface area contributed by atoms with Gasteiger partial charge in [-0.05, 0) is 69.5 Å². The van der Waals surface area contributed by atoms with Crippen LogP contribution in [0.1, 0.15) is 64.7 Å². The van der Waals surface area contributed by atoms with Gasteiger partial charge in [-0.3, -0.25) is 14.6 Å². The number of nitrogens with two attached hydrogens (primary N) is 2. The third-order valence-electron chi connectivity index (χ3n) is 9.30. The lowest BCUT2D eigenvalue weighted by Crippen LogP contribution is -2.60. The Kier molecular flexibility index (Phi) is 9.37. The van der Waals surface area contributed by atoms with Crippen LogP contribution < -0.4 is 11.5 Å². The average Bonchev–Trinajstić information content (AvgIpc) is 3.05. The lowest BCUT2D eigenvalue weighted by molar-refractivity contribution is -0.142. The fraction of sp³-hybridized carbons (Fsp3) is 0.857. The fourth-order valence-electron chi connectivity index (χ4n) is 6.48. The topological polar surface area (TPSA) is 129 Å². The number of amides is 3. The number of β-amino-alcohol motifs (C(OH)–C–C–N with tert-alkyl or cyclic N) is 1. The van der Waals surface area contributed by atoms with Crippen LogP contribution in [0.2, 0.25) is 25.7 Å². The average molecular weight is 565 g/mol. The number of carbonyl (C=O) groups is 2. The summed E-state index contributed by atoms with van der Waals surface area (Å²) in [6.07, 6.45) is 7.40. The van der Waals surface area contributed by atoms with E-state index in [-0.39, 0.29) is 25.2 Å². The summed E-state index contributed by atoms with van der Waals surface area (Å²) >= 11 is 0. The third-order valence-corrected chi connectivity index (χ3v) is 11.0. The van der Waals surface area contributed by atoms with Gasteiger partial charge in [0.15, 0.2) is 0 Å². The lowest BCUT2D eigenvalue weighted by Gasteiger charge is -2.48. The standard InChI is InChI=1S/C28H52N6O4Si/c1-5-6-14-31-17-22(24(29)30)18-32(20-31)23-8-12-27(37,13-9-23)19-34-26(36)33(21-38-15-16-39(2,3)4)25(35)28(34)10-7-11-28/h23,37H,5-21,29-30H2,1-4H3. The number of nitrogens with zero attached hydrogens (tertiary/aromatic N) is 4. The molecule has 0 bridgehead atoms. The van der Waals surface area contributed by atoms with Crippen LogP contribution in [0.25, 0.3) is 0 Å². The summed E-state index contributed by atoms with van der Waals surface area (Å²) in [7, 11) is -1.26. The Labute approximate surface area is 235 Å². The molecule has 5 N–H and O–H groups in total. The highest BCUT2D eigenvalue weighted by atomic mass is 28.3. The maximum atomic E-state index is 13.5. The van der Waals surface area contributed by atoms with Gasteiger partial charge >= 0.3 is 6.03 Å². The van der Waals surface area contributed by atoms with Gasteiger partial charge in [-0.15, -0.1) is 0 Å². The highest BCUT2D eigenvalue weighted by Crippen LogP contribution is 2.46. The van der Waals surface area contributed by atoms with Gasteiger partial charge in [0, 0.05) is 33.8 Å². The molecule has 0 aromatic carbocycles. The van der Waals surface area contributed by atoms with Crippen molar-refractivity contribution < 1.29 is 19.4 Å². The first-order chi connectivity index (χ1) is 18.4. The summed E-state index contributed by atoms with van der Waals surface area (Å²) in [5, 5.41) is 11.7. The second kappa shape index (κ2) is 12.1. The second-order valence-corrected chi connectivity index (χ2v) is 19.3. The fourth-order valence-corrected chi connectivity index (χ4v) is 7.24. The van der Waals surface area contributed by atoms with E-state index in [2.05, 4.69) is 36.4 Å². The summed E-state index contributed by atoms with van der Waals surface area (Å²) in [5.74, 6) is 0.272. The van der Waals surface area contributed by atoms with Crippen molar-refractivity contribution in [3.63, 3.8) is 0 Å². The minimum Gasteiger partial charge on any atom is -0.388 e. The minimum atomic E-state index is -1.26. The summed E-state index contributed by atoms with van der Waals surface area (Å²) in [4.78, 5) is 34.7. The molecule has 2 saturated heterocycles. The zero-order chi connectivity index (χ0) is 28.4. The number of ether oxygens (including phenoxy) is 1. The molecule has 0 unspecified atom stereocenters. The van der Waals surface area contributed by atoms with Gasteiger partial charge in [0.1, 0.15) is 12.3 Å². The van der Waals surface area contributed by atoms with Crippen molar-refractivity contribution in [2.45, 2.75) is 108 Å². The molecule has 4 rings (SSSR count). The Morgan fingerprint density at radius 3 is 2.36 bits per heavy atom. The monoisotopic (exact) mass is 564 g/mol. The van der Waals surface area contributed by atoms with E-state index in [1.807, 2.05) is 0 Å². The zero-order valence-electron chi connectivity index (χ0n) is 24.7. The van der Waals surface area contributed by atoms with Gasteiger partial charge in [-0.1, -0.05) is 33.0 Å². The third kappa shape index (κ3) is 6.81. The molecule has 3 amide bonds. The Hall–Kier alpha value is -1.66. The molecule has 39 heavy (non-hydrogen) atoms. The van der Waals surface area contributed by atoms with Crippen molar-refractivity contribution in [3.8, 4) is 0 Å². The number of hydrogen-bond acceptors (Lipinski definition) is 8. The van der Waals surface area contributed by atoms with Crippen molar-refractivity contribution in [2.75, 3.05) is 46.2 Å². The number of imide groups is 1. The number of rotatable bonds is 11. The maximum Gasteiger partial charge on any atom is 0.329 e. The first kappa shape index (κ1) is 30.3. The summed E-state index contributed by atoms with van der Waals surface area (Å²) in [6.45, 7) is 13.3. The van der Waals surface area contributed by atoms with Crippen LogP contribution >= 0.6 is 0 Å². The molecule has 0 atom stereocenters. The van der Waals surface area contributed by atoms with Crippen LogP contribution in [-0.4, -0.2) is 108 Å². The highest BCUT2D eigenvalue weighted by Gasteiger charge is 2.61. The van der Waals surface area contributed by atoms with E-state index in [9.17, 15) is 14.7 Å². The van der Waals surface area contributed by atoms with Crippen LogP contribution in [0.4, 0.5) is 4.79 Å². The molecule has 4 aliphatic rings. The van der Waals surface area contributed by atoms with Crippen molar-refractivity contribution >= 4 is 20.0 Å². The normalized spacial score (nSPS) is 28.4. The van der Waals surface area contributed by atoms with Crippen molar-refractivity contribution in [2.24, 2.45) is 11.5 Å². The molecule has 10 nitrogen and oxygen atoms in total. The van der Waals surface area contributed by atoms with E-state index in [1.54, 1.807) is 4.90 Å². The van der Waals surface area contributed by atoms with E-state index < -0.39 is 19.2 Å². The molecule has 2 aliphatic heterocycles.